The summed E-state index contributed by atoms with van der Waals surface area (Å²) in [5.41, 5.74) is 0. The number of carbonyl (C=O) groups excluding carboxylic acids is 1. The lowest BCUT2D eigenvalue weighted by molar-refractivity contribution is -0.142. The molecule has 2 atom stereocenters. The lowest BCUT2D eigenvalue weighted by Crippen LogP contribution is -2.42. The van der Waals surface area contributed by atoms with E-state index in [4.69, 9.17) is 9.84 Å². The van der Waals surface area contributed by atoms with Crippen LogP contribution in [0.2, 0.25) is 0 Å². The molecule has 0 heterocycles. The molecule has 20 heavy (non-hydrogen) atoms. The quantitative estimate of drug-likeness (QED) is 0.647. The Bertz CT molecular complexity index is 302. The first-order chi connectivity index (χ1) is 9.22. The van der Waals surface area contributed by atoms with E-state index >= 15 is 0 Å². The van der Waals surface area contributed by atoms with E-state index in [1.165, 1.54) is 0 Å². The second kappa shape index (κ2) is 9.75. The minimum Gasteiger partial charge on any atom is -0.480 e. The molecule has 0 bridgehead atoms. The smallest absolute Gasteiger partial charge is 0.326 e. The van der Waals surface area contributed by atoms with Gasteiger partial charge >= 0.3 is 5.97 Å². The molecule has 118 valence electrons. The van der Waals surface area contributed by atoms with Gasteiger partial charge in [-0.15, -0.1) is 0 Å². The van der Waals surface area contributed by atoms with Gasteiger partial charge in [-0.3, -0.25) is 4.79 Å². The minimum atomic E-state index is -0.985. The SMILES string of the molecule is CC(C)CC(C)OCCC(=O)N[C@@H](CC(C)C)C(=O)O. The second-order valence-electron chi connectivity index (χ2n) is 6.15. The highest BCUT2D eigenvalue weighted by Crippen LogP contribution is 2.08. The molecular formula is C15H29NO4. The summed E-state index contributed by atoms with van der Waals surface area (Å²) >= 11 is 0. The number of aliphatic carboxylic acids is 1. The Balaban J connectivity index is 3.99. The van der Waals surface area contributed by atoms with E-state index in [1.54, 1.807) is 0 Å². The minimum absolute atomic E-state index is 0.119. The van der Waals surface area contributed by atoms with Crippen LogP contribution in [0.15, 0.2) is 0 Å². The molecule has 0 aliphatic rings. The Morgan fingerprint density at radius 2 is 1.60 bits per heavy atom. The topological polar surface area (TPSA) is 75.6 Å². The van der Waals surface area contributed by atoms with Crippen molar-refractivity contribution in [2.45, 2.75) is 66.0 Å². The maximum Gasteiger partial charge on any atom is 0.326 e. The van der Waals surface area contributed by atoms with Crippen LogP contribution in [0.25, 0.3) is 0 Å². The average Bonchev–Trinajstić information content (AvgIpc) is 2.26. The van der Waals surface area contributed by atoms with E-state index in [-0.39, 0.29) is 24.3 Å². The Kier molecular flexibility index (Phi) is 9.21. The molecule has 5 heteroatoms. The molecule has 0 saturated carbocycles. The number of hydrogen-bond donors (Lipinski definition) is 2. The van der Waals surface area contributed by atoms with Crippen molar-refractivity contribution in [3.63, 3.8) is 0 Å². The molecule has 0 rings (SSSR count). The Morgan fingerprint density at radius 3 is 2.05 bits per heavy atom. The van der Waals surface area contributed by atoms with E-state index in [1.807, 2.05) is 20.8 Å². The zero-order valence-corrected chi connectivity index (χ0v) is 13.3. The monoisotopic (exact) mass is 287 g/mol. The molecule has 0 aliphatic carbocycles. The van der Waals surface area contributed by atoms with Crippen LogP contribution in [-0.4, -0.2) is 35.7 Å². The van der Waals surface area contributed by atoms with Crippen LogP contribution in [0.4, 0.5) is 0 Å². The van der Waals surface area contributed by atoms with E-state index < -0.39 is 12.0 Å². The number of nitrogens with one attached hydrogen (secondary N) is 1. The van der Waals surface area contributed by atoms with Crippen molar-refractivity contribution in [3.8, 4) is 0 Å². The van der Waals surface area contributed by atoms with Gasteiger partial charge < -0.3 is 15.2 Å². The molecule has 0 aromatic rings. The molecule has 2 N–H and O–H groups in total. The largest absolute Gasteiger partial charge is 0.480 e. The molecule has 0 saturated heterocycles. The predicted octanol–water partition coefficient (Wildman–Crippen LogP) is 2.44. The molecular weight excluding hydrogens is 258 g/mol. The van der Waals surface area contributed by atoms with E-state index in [9.17, 15) is 9.59 Å². The van der Waals surface area contributed by atoms with Crippen LogP contribution in [0.1, 0.15) is 53.9 Å². The summed E-state index contributed by atoms with van der Waals surface area (Å²) in [7, 11) is 0. The van der Waals surface area contributed by atoms with Gasteiger partial charge in [0.1, 0.15) is 6.04 Å². The van der Waals surface area contributed by atoms with E-state index in [0.29, 0.717) is 18.9 Å². The van der Waals surface area contributed by atoms with Crippen molar-refractivity contribution in [2.24, 2.45) is 11.8 Å². The van der Waals surface area contributed by atoms with Crippen LogP contribution < -0.4 is 5.32 Å². The van der Waals surface area contributed by atoms with E-state index in [0.717, 1.165) is 6.42 Å². The lowest BCUT2D eigenvalue weighted by atomic mass is 10.0. The van der Waals surface area contributed by atoms with Gasteiger partial charge in [-0.25, -0.2) is 4.79 Å². The third-order valence-electron chi connectivity index (χ3n) is 2.88. The number of amides is 1. The standard InChI is InChI=1S/C15H29NO4/c1-10(2)8-12(5)20-7-6-14(17)16-13(15(18)19)9-11(3)4/h10-13H,6-9H2,1-5H3,(H,16,17)(H,18,19)/t12?,13-/m0/s1. The van der Waals surface area contributed by atoms with Crippen LogP contribution in [0.3, 0.4) is 0 Å². The zero-order chi connectivity index (χ0) is 15.7. The third kappa shape index (κ3) is 9.78. The van der Waals surface area contributed by atoms with Crippen molar-refractivity contribution in [3.05, 3.63) is 0 Å². The van der Waals surface area contributed by atoms with Crippen molar-refractivity contribution in [1.29, 1.82) is 0 Å². The molecule has 1 amide bonds. The Labute approximate surface area is 122 Å². The maximum absolute atomic E-state index is 11.7. The highest BCUT2D eigenvalue weighted by atomic mass is 16.5. The number of hydrogen-bond acceptors (Lipinski definition) is 3. The first-order valence-electron chi connectivity index (χ1n) is 7.36. The van der Waals surface area contributed by atoms with Gasteiger partial charge in [0.15, 0.2) is 0 Å². The fraction of sp³-hybridized carbons (Fsp3) is 0.867. The van der Waals surface area contributed by atoms with Crippen LogP contribution in [0, 0.1) is 11.8 Å². The fourth-order valence-corrected chi connectivity index (χ4v) is 2.04. The highest BCUT2D eigenvalue weighted by molar-refractivity contribution is 5.83. The third-order valence-corrected chi connectivity index (χ3v) is 2.88. The lowest BCUT2D eigenvalue weighted by Gasteiger charge is -2.18. The summed E-state index contributed by atoms with van der Waals surface area (Å²) in [6, 6.07) is -0.810. The molecule has 0 fully saturated rings. The summed E-state index contributed by atoms with van der Waals surface area (Å²) in [4.78, 5) is 22.7. The van der Waals surface area contributed by atoms with Gasteiger partial charge in [-0.1, -0.05) is 27.7 Å². The zero-order valence-electron chi connectivity index (χ0n) is 13.3. The first-order valence-corrected chi connectivity index (χ1v) is 7.36. The number of carboxylic acid groups (broad SMARTS) is 1. The number of rotatable bonds is 10. The van der Waals surface area contributed by atoms with E-state index in [2.05, 4.69) is 19.2 Å². The van der Waals surface area contributed by atoms with Crippen molar-refractivity contribution in [2.75, 3.05) is 6.61 Å². The normalized spacial score (nSPS) is 14.3. The number of carbonyl (C=O) groups is 2. The van der Waals surface area contributed by atoms with Crippen molar-refractivity contribution in [1.82, 2.24) is 5.32 Å². The number of ether oxygens (including phenoxy) is 1. The van der Waals surface area contributed by atoms with Crippen LogP contribution in [0.5, 0.6) is 0 Å². The molecule has 0 aromatic carbocycles. The summed E-state index contributed by atoms with van der Waals surface area (Å²) in [5.74, 6) is -0.476. The molecule has 0 spiro atoms. The second-order valence-corrected chi connectivity index (χ2v) is 6.15. The van der Waals surface area contributed by atoms with Gasteiger partial charge in [0.05, 0.1) is 12.7 Å². The summed E-state index contributed by atoms with van der Waals surface area (Å²) in [5, 5.41) is 11.6. The van der Waals surface area contributed by atoms with Gasteiger partial charge in [0.2, 0.25) is 5.91 Å². The highest BCUT2D eigenvalue weighted by Gasteiger charge is 2.20. The van der Waals surface area contributed by atoms with Crippen LogP contribution in [-0.2, 0) is 14.3 Å². The van der Waals surface area contributed by atoms with Crippen molar-refractivity contribution >= 4 is 11.9 Å². The molecule has 5 nitrogen and oxygen atoms in total. The Hall–Kier alpha value is -1.10. The van der Waals surface area contributed by atoms with Gasteiger partial charge in [0.25, 0.3) is 0 Å². The van der Waals surface area contributed by atoms with Crippen molar-refractivity contribution < 1.29 is 19.4 Å². The number of carboxylic acids is 1. The molecule has 0 radical (unpaired) electrons. The van der Waals surface area contributed by atoms with Gasteiger partial charge in [-0.2, -0.15) is 0 Å². The molecule has 1 unspecified atom stereocenters. The summed E-state index contributed by atoms with van der Waals surface area (Å²) < 4.78 is 5.54. The molecule has 0 aliphatic heterocycles. The maximum atomic E-state index is 11.7. The van der Waals surface area contributed by atoms with Crippen LogP contribution >= 0.6 is 0 Å². The summed E-state index contributed by atoms with van der Waals surface area (Å²) in [6.45, 7) is 10.4. The fourth-order valence-electron chi connectivity index (χ4n) is 2.04. The average molecular weight is 287 g/mol. The Morgan fingerprint density at radius 1 is 1.05 bits per heavy atom. The first kappa shape index (κ1) is 18.9. The van der Waals surface area contributed by atoms with Gasteiger partial charge in [-0.05, 0) is 31.6 Å². The summed E-state index contributed by atoms with van der Waals surface area (Å²) in [6.07, 6.45) is 1.71. The molecule has 0 aromatic heterocycles. The van der Waals surface area contributed by atoms with Gasteiger partial charge in [0, 0.05) is 6.42 Å². The predicted molar refractivity (Wildman–Crippen MR) is 78.5 cm³/mol.